The number of hydrogen-bond donors (Lipinski definition) is 1. The van der Waals surface area contributed by atoms with Gasteiger partial charge < -0.3 is 14.4 Å². The van der Waals surface area contributed by atoms with Crippen LogP contribution in [0.4, 0.5) is 0 Å². The standard InChI is InChI=1S/C12H14N2O3S/c1-3-17-9-6-4-5-8-11(9)13-12(14(8)2)18-7-10(15)16/h4-6H,3,7H2,1-2H3,(H,15,16). The van der Waals surface area contributed by atoms with Gasteiger partial charge in [0, 0.05) is 7.05 Å². The van der Waals surface area contributed by atoms with Crippen LogP contribution in [0.2, 0.25) is 0 Å². The fourth-order valence-corrected chi connectivity index (χ4v) is 2.40. The Hall–Kier alpha value is -1.69. The van der Waals surface area contributed by atoms with Crippen molar-refractivity contribution >= 4 is 28.8 Å². The summed E-state index contributed by atoms with van der Waals surface area (Å²) in [6.07, 6.45) is 0. The fourth-order valence-electron chi connectivity index (χ4n) is 1.69. The second-order valence-corrected chi connectivity index (χ2v) is 4.64. The highest BCUT2D eigenvalue weighted by Gasteiger charge is 2.13. The topological polar surface area (TPSA) is 64.3 Å². The van der Waals surface area contributed by atoms with Crippen molar-refractivity contribution in [3.63, 3.8) is 0 Å². The number of thioether (sulfide) groups is 1. The molecule has 1 aromatic heterocycles. The number of aromatic nitrogens is 2. The van der Waals surface area contributed by atoms with Crippen LogP contribution in [-0.4, -0.2) is 33.0 Å². The molecule has 0 aliphatic heterocycles. The van der Waals surface area contributed by atoms with E-state index in [0.717, 1.165) is 16.8 Å². The molecule has 0 unspecified atom stereocenters. The lowest BCUT2D eigenvalue weighted by Gasteiger charge is -2.03. The maximum atomic E-state index is 10.6. The maximum absolute atomic E-state index is 10.6. The van der Waals surface area contributed by atoms with Gasteiger partial charge in [0.25, 0.3) is 0 Å². The van der Waals surface area contributed by atoms with Crippen LogP contribution in [0, 0.1) is 0 Å². The molecule has 0 fully saturated rings. The van der Waals surface area contributed by atoms with Gasteiger partial charge in [-0.2, -0.15) is 0 Å². The first-order chi connectivity index (χ1) is 8.63. The smallest absolute Gasteiger partial charge is 0.313 e. The molecule has 0 amide bonds. The minimum atomic E-state index is -0.850. The number of rotatable bonds is 5. The molecule has 0 radical (unpaired) electrons. The lowest BCUT2D eigenvalue weighted by Crippen LogP contribution is -2.00. The van der Waals surface area contributed by atoms with E-state index in [1.54, 1.807) is 0 Å². The zero-order valence-corrected chi connectivity index (χ0v) is 11.0. The summed E-state index contributed by atoms with van der Waals surface area (Å²) in [5.41, 5.74) is 1.71. The molecular formula is C12H14N2O3S. The second kappa shape index (κ2) is 5.30. The molecule has 0 aliphatic carbocycles. The first kappa shape index (κ1) is 12.8. The summed E-state index contributed by atoms with van der Waals surface area (Å²) in [6.45, 7) is 2.50. The largest absolute Gasteiger partial charge is 0.492 e. The van der Waals surface area contributed by atoms with Gasteiger partial charge in [-0.05, 0) is 19.1 Å². The minimum absolute atomic E-state index is 0.00112. The Morgan fingerprint density at radius 1 is 1.56 bits per heavy atom. The number of imidazole rings is 1. The zero-order valence-electron chi connectivity index (χ0n) is 10.2. The van der Waals surface area contributed by atoms with E-state index in [1.807, 2.05) is 36.7 Å². The summed E-state index contributed by atoms with van der Waals surface area (Å²) >= 11 is 1.20. The van der Waals surface area contributed by atoms with Crippen LogP contribution in [0.1, 0.15) is 6.92 Å². The van der Waals surface area contributed by atoms with Crippen molar-refractivity contribution in [2.24, 2.45) is 7.05 Å². The van der Waals surface area contributed by atoms with E-state index in [2.05, 4.69) is 4.98 Å². The van der Waals surface area contributed by atoms with Crippen molar-refractivity contribution in [1.82, 2.24) is 9.55 Å². The van der Waals surface area contributed by atoms with Gasteiger partial charge in [0.05, 0.1) is 17.9 Å². The van der Waals surface area contributed by atoms with Crippen LogP contribution < -0.4 is 4.74 Å². The molecule has 0 saturated heterocycles. The number of carboxylic acids is 1. The van der Waals surface area contributed by atoms with Gasteiger partial charge in [-0.15, -0.1) is 0 Å². The summed E-state index contributed by atoms with van der Waals surface area (Å²) < 4.78 is 7.39. The van der Waals surface area contributed by atoms with Crippen molar-refractivity contribution in [1.29, 1.82) is 0 Å². The number of aryl methyl sites for hydroxylation is 1. The molecule has 0 spiro atoms. The predicted octanol–water partition coefficient (Wildman–Crippen LogP) is 2.15. The molecule has 1 heterocycles. The molecule has 2 aromatic rings. The number of nitrogens with zero attached hydrogens (tertiary/aromatic N) is 2. The van der Waals surface area contributed by atoms with E-state index >= 15 is 0 Å². The van der Waals surface area contributed by atoms with Crippen LogP contribution in [0.3, 0.4) is 0 Å². The number of benzene rings is 1. The van der Waals surface area contributed by atoms with E-state index in [9.17, 15) is 4.79 Å². The van der Waals surface area contributed by atoms with Gasteiger partial charge in [-0.25, -0.2) is 4.98 Å². The molecule has 1 N–H and O–H groups in total. The Kier molecular flexibility index (Phi) is 3.76. The molecule has 18 heavy (non-hydrogen) atoms. The molecule has 0 aliphatic rings. The van der Waals surface area contributed by atoms with E-state index in [1.165, 1.54) is 11.8 Å². The average molecular weight is 266 g/mol. The molecule has 1 aromatic carbocycles. The minimum Gasteiger partial charge on any atom is -0.492 e. The number of para-hydroxylation sites is 1. The zero-order chi connectivity index (χ0) is 13.1. The summed E-state index contributed by atoms with van der Waals surface area (Å²) in [7, 11) is 1.87. The van der Waals surface area contributed by atoms with Crippen LogP contribution in [0.5, 0.6) is 5.75 Å². The van der Waals surface area contributed by atoms with Crippen LogP contribution in [0.15, 0.2) is 23.4 Å². The van der Waals surface area contributed by atoms with E-state index in [-0.39, 0.29) is 5.75 Å². The van der Waals surface area contributed by atoms with Crippen LogP contribution in [-0.2, 0) is 11.8 Å². The van der Waals surface area contributed by atoms with Crippen molar-refractivity contribution in [2.75, 3.05) is 12.4 Å². The Morgan fingerprint density at radius 3 is 3.00 bits per heavy atom. The summed E-state index contributed by atoms with van der Waals surface area (Å²) in [4.78, 5) is 15.0. The molecule has 96 valence electrons. The monoisotopic (exact) mass is 266 g/mol. The summed E-state index contributed by atoms with van der Waals surface area (Å²) in [5.74, 6) is -0.119. The van der Waals surface area contributed by atoms with Gasteiger partial charge in [-0.1, -0.05) is 17.8 Å². The third kappa shape index (κ3) is 2.43. The fraction of sp³-hybridized carbons (Fsp3) is 0.333. The Labute approximate surface area is 109 Å². The molecular weight excluding hydrogens is 252 g/mol. The highest BCUT2D eigenvalue weighted by Crippen LogP contribution is 2.29. The van der Waals surface area contributed by atoms with Gasteiger partial charge in [-0.3, -0.25) is 4.79 Å². The average Bonchev–Trinajstić information content (AvgIpc) is 2.66. The molecule has 0 saturated carbocycles. The Morgan fingerprint density at radius 2 is 2.33 bits per heavy atom. The van der Waals surface area contributed by atoms with Crippen molar-refractivity contribution in [2.45, 2.75) is 12.1 Å². The number of hydrogen-bond acceptors (Lipinski definition) is 4. The van der Waals surface area contributed by atoms with Gasteiger partial charge in [0.15, 0.2) is 5.16 Å². The Balaban J connectivity index is 2.41. The highest BCUT2D eigenvalue weighted by molar-refractivity contribution is 7.99. The van der Waals surface area contributed by atoms with Crippen molar-refractivity contribution in [3.8, 4) is 5.75 Å². The number of fused-ring (bicyclic) bond motifs is 1. The second-order valence-electron chi connectivity index (χ2n) is 3.69. The molecule has 0 atom stereocenters. The van der Waals surface area contributed by atoms with Crippen LogP contribution >= 0.6 is 11.8 Å². The SMILES string of the molecule is CCOc1cccc2c1nc(SCC(=O)O)n2C. The lowest BCUT2D eigenvalue weighted by molar-refractivity contribution is -0.133. The third-order valence-corrected chi connectivity index (χ3v) is 3.47. The normalized spacial score (nSPS) is 10.8. The van der Waals surface area contributed by atoms with E-state index in [4.69, 9.17) is 9.84 Å². The Bertz CT molecular complexity index is 580. The van der Waals surface area contributed by atoms with Crippen molar-refractivity contribution in [3.05, 3.63) is 18.2 Å². The van der Waals surface area contributed by atoms with Crippen LogP contribution in [0.25, 0.3) is 11.0 Å². The number of carbonyl (C=O) groups is 1. The van der Waals surface area contributed by atoms with Crippen molar-refractivity contribution < 1.29 is 14.6 Å². The number of ether oxygens (including phenoxy) is 1. The molecule has 6 heteroatoms. The first-order valence-corrected chi connectivity index (χ1v) is 6.55. The maximum Gasteiger partial charge on any atom is 0.313 e. The predicted molar refractivity (Wildman–Crippen MR) is 70.2 cm³/mol. The quantitative estimate of drug-likeness (QED) is 0.840. The van der Waals surface area contributed by atoms with E-state index in [0.29, 0.717) is 11.8 Å². The molecule has 0 bridgehead atoms. The summed E-state index contributed by atoms with van der Waals surface area (Å²) in [6, 6.07) is 5.71. The lowest BCUT2D eigenvalue weighted by atomic mass is 10.3. The highest BCUT2D eigenvalue weighted by atomic mass is 32.2. The van der Waals surface area contributed by atoms with Gasteiger partial charge >= 0.3 is 5.97 Å². The third-order valence-electron chi connectivity index (χ3n) is 2.46. The van der Waals surface area contributed by atoms with Gasteiger partial charge in [0.2, 0.25) is 0 Å². The molecule has 2 rings (SSSR count). The summed E-state index contributed by atoms with van der Waals surface area (Å²) in [5, 5.41) is 9.38. The number of aliphatic carboxylic acids is 1. The van der Waals surface area contributed by atoms with Gasteiger partial charge in [0.1, 0.15) is 11.3 Å². The number of carboxylic acid groups (broad SMARTS) is 1. The first-order valence-electron chi connectivity index (χ1n) is 5.56. The van der Waals surface area contributed by atoms with E-state index < -0.39 is 5.97 Å². The molecule has 5 nitrogen and oxygen atoms in total.